The van der Waals surface area contributed by atoms with Gasteiger partial charge in [-0.3, -0.25) is 14.6 Å². The number of para-hydroxylation sites is 1. The first kappa shape index (κ1) is 15.2. The first-order valence-electron chi connectivity index (χ1n) is 9.16. The van der Waals surface area contributed by atoms with Gasteiger partial charge in [0.1, 0.15) is 0 Å². The SMILES string of the molecule is O=C(CN1CCCN2CCCC2C1)N1CCCc2ccccc21. The van der Waals surface area contributed by atoms with Gasteiger partial charge in [0.15, 0.2) is 0 Å². The van der Waals surface area contributed by atoms with Crippen LogP contribution in [0.2, 0.25) is 0 Å². The molecule has 3 aliphatic rings. The maximum Gasteiger partial charge on any atom is 0.241 e. The molecule has 1 aromatic rings. The summed E-state index contributed by atoms with van der Waals surface area (Å²) in [7, 11) is 0. The summed E-state index contributed by atoms with van der Waals surface area (Å²) < 4.78 is 0. The quantitative estimate of drug-likeness (QED) is 0.837. The van der Waals surface area contributed by atoms with Crippen LogP contribution in [-0.2, 0) is 11.2 Å². The van der Waals surface area contributed by atoms with Crippen molar-refractivity contribution in [2.45, 2.75) is 38.1 Å². The Morgan fingerprint density at radius 3 is 2.87 bits per heavy atom. The summed E-state index contributed by atoms with van der Waals surface area (Å²) in [5, 5.41) is 0. The Labute approximate surface area is 139 Å². The van der Waals surface area contributed by atoms with Crippen LogP contribution in [0, 0.1) is 0 Å². The fourth-order valence-corrected chi connectivity index (χ4v) is 4.50. The average Bonchev–Trinajstić information content (AvgIpc) is 2.93. The summed E-state index contributed by atoms with van der Waals surface area (Å²) in [6, 6.07) is 9.08. The minimum atomic E-state index is 0.281. The molecular weight excluding hydrogens is 286 g/mol. The van der Waals surface area contributed by atoms with Crippen LogP contribution in [0.1, 0.15) is 31.2 Å². The van der Waals surface area contributed by atoms with Crippen LogP contribution >= 0.6 is 0 Å². The van der Waals surface area contributed by atoms with Crippen LogP contribution < -0.4 is 4.90 Å². The minimum Gasteiger partial charge on any atom is -0.311 e. The number of anilines is 1. The van der Waals surface area contributed by atoms with Crippen molar-refractivity contribution < 1.29 is 4.79 Å². The Bertz CT molecular complexity index is 573. The molecule has 4 heteroatoms. The average molecular weight is 313 g/mol. The second kappa shape index (κ2) is 6.62. The van der Waals surface area contributed by atoms with E-state index < -0.39 is 0 Å². The normalized spacial score (nSPS) is 25.7. The first-order valence-corrected chi connectivity index (χ1v) is 9.16. The number of carbonyl (C=O) groups is 1. The van der Waals surface area contributed by atoms with Crippen molar-refractivity contribution in [3.05, 3.63) is 29.8 Å². The lowest BCUT2D eigenvalue weighted by Gasteiger charge is -2.32. The smallest absolute Gasteiger partial charge is 0.241 e. The third kappa shape index (κ3) is 3.15. The third-order valence-electron chi connectivity index (χ3n) is 5.66. The van der Waals surface area contributed by atoms with Gasteiger partial charge < -0.3 is 4.90 Å². The molecule has 4 nitrogen and oxygen atoms in total. The van der Waals surface area contributed by atoms with Crippen LogP contribution in [-0.4, -0.2) is 61.0 Å². The molecule has 0 aromatic heterocycles. The molecule has 0 aliphatic carbocycles. The van der Waals surface area contributed by atoms with Gasteiger partial charge in [-0.2, -0.15) is 0 Å². The van der Waals surface area contributed by atoms with E-state index in [0.717, 1.165) is 38.2 Å². The van der Waals surface area contributed by atoms with Gasteiger partial charge in [-0.1, -0.05) is 18.2 Å². The molecule has 124 valence electrons. The van der Waals surface area contributed by atoms with Gasteiger partial charge in [0.25, 0.3) is 0 Å². The van der Waals surface area contributed by atoms with E-state index in [-0.39, 0.29) is 5.91 Å². The number of carbonyl (C=O) groups excluding carboxylic acids is 1. The Kier molecular flexibility index (Phi) is 4.36. The van der Waals surface area contributed by atoms with E-state index in [9.17, 15) is 4.79 Å². The summed E-state index contributed by atoms with van der Waals surface area (Å²) in [6.07, 6.45) is 6.00. The maximum absolute atomic E-state index is 12.9. The zero-order valence-electron chi connectivity index (χ0n) is 13.9. The van der Waals surface area contributed by atoms with Crippen molar-refractivity contribution >= 4 is 11.6 Å². The lowest BCUT2D eigenvalue weighted by Crippen LogP contribution is -2.45. The maximum atomic E-state index is 12.9. The second-order valence-electron chi connectivity index (χ2n) is 7.20. The van der Waals surface area contributed by atoms with Crippen LogP contribution in [0.4, 0.5) is 5.69 Å². The molecule has 2 fully saturated rings. The Hall–Kier alpha value is -1.39. The predicted octanol–water partition coefficient (Wildman–Crippen LogP) is 2.14. The Morgan fingerprint density at radius 2 is 1.91 bits per heavy atom. The first-order chi connectivity index (χ1) is 11.3. The molecule has 3 aliphatic heterocycles. The molecule has 1 unspecified atom stereocenters. The van der Waals surface area contributed by atoms with Crippen LogP contribution in [0.25, 0.3) is 0 Å². The van der Waals surface area contributed by atoms with E-state index in [4.69, 9.17) is 0 Å². The van der Waals surface area contributed by atoms with E-state index in [1.54, 1.807) is 0 Å². The molecule has 2 saturated heterocycles. The van der Waals surface area contributed by atoms with Gasteiger partial charge in [0.05, 0.1) is 6.54 Å². The van der Waals surface area contributed by atoms with Crippen molar-refractivity contribution in [3.8, 4) is 0 Å². The molecule has 23 heavy (non-hydrogen) atoms. The Morgan fingerprint density at radius 1 is 1.04 bits per heavy atom. The van der Waals surface area contributed by atoms with Gasteiger partial charge in [-0.15, -0.1) is 0 Å². The van der Waals surface area contributed by atoms with Gasteiger partial charge in [0.2, 0.25) is 5.91 Å². The number of fused-ring (bicyclic) bond motifs is 2. The molecule has 1 aromatic carbocycles. The van der Waals surface area contributed by atoms with E-state index in [1.165, 1.54) is 37.9 Å². The zero-order valence-corrected chi connectivity index (χ0v) is 13.9. The largest absolute Gasteiger partial charge is 0.311 e. The molecular formula is C19H27N3O. The van der Waals surface area contributed by atoms with E-state index in [0.29, 0.717) is 12.6 Å². The van der Waals surface area contributed by atoms with E-state index in [2.05, 4.69) is 28.0 Å². The summed E-state index contributed by atoms with van der Waals surface area (Å²) in [6.45, 7) is 6.06. The predicted molar refractivity (Wildman–Crippen MR) is 92.8 cm³/mol. The molecule has 1 atom stereocenters. The van der Waals surface area contributed by atoms with Crippen molar-refractivity contribution in [1.82, 2.24) is 9.80 Å². The fraction of sp³-hybridized carbons (Fsp3) is 0.632. The summed E-state index contributed by atoms with van der Waals surface area (Å²) in [5.74, 6) is 0.281. The van der Waals surface area contributed by atoms with Gasteiger partial charge >= 0.3 is 0 Å². The molecule has 3 heterocycles. The molecule has 4 rings (SSSR count). The molecule has 1 amide bonds. The van der Waals surface area contributed by atoms with Gasteiger partial charge in [0, 0.05) is 24.8 Å². The standard InChI is InChI=1S/C19H27N3O/c23-19(22-13-3-7-16-6-1-2-9-18(16)22)15-20-10-5-12-21-11-4-8-17(21)14-20/h1-2,6,9,17H,3-5,7-8,10-15H2. The number of amides is 1. The lowest BCUT2D eigenvalue weighted by molar-refractivity contribution is -0.119. The summed E-state index contributed by atoms with van der Waals surface area (Å²) in [5.41, 5.74) is 2.46. The van der Waals surface area contributed by atoms with E-state index >= 15 is 0 Å². The highest BCUT2D eigenvalue weighted by Gasteiger charge is 2.30. The van der Waals surface area contributed by atoms with Crippen molar-refractivity contribution in [1.29, 1.82) is 0 Å². The summed E-state index contributed by atoms with van der Waals surface area (Å²) in [4.78, 5) is 20.0. The minimum absolute atomic E-state index is 0.281. The van der Waals surface area contributed by atoms with E-state index in [1.807, 2.05) is 11.0 Å². The number of hydrogen-bond acceptors (Lipinski definition) is 3. The van der Waals surface area contributed by atoms with Crippen LogP contribution in [0.15, 0.2) is 24.3 Å². The third-order valence-corrected chi connectivity index (χ3v) is 5.66. The summed E-state index contributed by atoms with van der Waals surface area (Å²) >= 11 is 0. The number of nitrogens with zero attached hydrogens (tertiary/aromatic N) is 3. The monoisotopic (exact) mass is 313 g/mol. The molecule has 0 saturated carbocycles. The highest BCUT2D eigenvalue weighted by Crippen LogP contribution is 2.27. The highest BCUT2D eigenvalue weighted by atomic mass is 16.2. The highest BCUT2D eigenvalue weighted by molar-refractivity contribution is 5.95. The molecule has 0 bridgehead atoms. The number of rotatable bonds is 2. The number of aryl methyl sites for hydroxylation is 1. The van der Waals surface area contributed by atoms with Crippen molar-refractivity contribution in [2.75, 3.05) is 44.2 Å². The van der Waals surface area contributed by atoms with Crippen LogP contribution in [0.5, 0.6) is 0 Å². The van der Waals surface area contributed by atoms with Gasteiger partial charge in [-0.25, -0.2) is 0 Å². The van der Waals surface area contributed by atoms with Crippen molar-refractivity contribution in [3.63, 3.8) is 0 Å². The lowest BCUT2D eigenvalue weighted by atomic mass is 10.0. The number of benzene rings is 1. The molecule has 0 radical (unpaired) electrons. The van der Waals surface area contributed by atoms with Crippen LogP contribution in [0.3, 0.4) is 0 Å². The number of hydrogen-bond donors (Lipinski definition) is 0. The topological polar surface area (TPSA) is 26.8 Å². The fourth-order valence-electron chi connectivity index (χ4n) is 4.50. The second-order valence-corrected chi connectivity index (χ2v) is 7.20. The molecule has 0 N–H and O–H groups in total. The van der Waals surface area contributed by atoms with Crippen molar-refractivity contribution in [2.24, 2.45) is 0 Å². The molecule has 0 spiro atoms. The van der Waals surface area contributed by atoms with Gasteiger partial charge in [-0.05, 0) is 63.4 Å². The zero-order chi connectivity index (χ0) is 15.6. The Balaban J connectivity index is 1.44.